The first kappa shape index (κ1) is 12.9. The van der Waals surface area contributed by atoms with Gasteiger partial charge in [0.15, 0.2) is 0 Å². The third kappa shape index (κ3) is 3.03. The predicted octanol–water partition coefficient (Wildman–Crippen LogP) is 3.78. The summed E-state index contributed by atoms with van der Waals surface area (Å²) in [6.07, 6.45) is 3.46. The van der Waals surface area contributed by atoms with Crippen LogP contribution in [-0.4, -0.2) is 16.2 Å². The standard InChI is InChI=1S/C14H15NO2S/c16-14(17)12-3-1-10(2-4-12)11-5-7-13(8-6-11)15-9-18/h5-8,10,12H,1-4H2,(H,16,17). The number of carboxylic acid groups (broad SMARTS) is 1. The number of aliphatic imine (C=N–C) groups is 1. The van der Waals surface area contributed by atoms with E-state index >= 15 is 0 Å². The van der Waals surface area contributed by atoms with Gasteiger partial charge in [-0.25, -0.2) is 0 Å². The second-order valence-electron chi connectivity index (χ2n) is 4.68. The smallest absolute Gasteiger partial charge is 0.306 e. The van der Waals surface area contributed by atoms with Crippen molar-refractivity contribution in [3.63, 3.8) is 0 Å². The number of hydrogen-bond donors (Lipinski definition) is 1. The molecule has 0 unspecified atom stereocenters. The molecule has 0 bridgehead atoms. The minimum Gasteiger partial charge on any atom is -0.481 e. The fraction of sp³-hybridized carbons (Fsp3) is 0.429. The Morgan fingerprint density at radius 2 is 1.83 bits per heavy atom. The fourth-order valence-electron chi connectivity index (χ4n) is 2.55. The van der Waals surface area contributed by atoms with Crippen molar-refractivity contribution < 1.29 is 9.90 Å². The first-order chi connectivity index (χ1) is 8.70. The first-order valence-electron chi connectivity index (χ1n) is 6.11. The third-order valence-corrected chi connectivity index (χ3v) is 3.71. The Labute approximate surface area is 112 Å². The van der Waals surface area contributed by atoms with Crippen molar-refractivity contribution in [1.82, 2.24) is 0 Å². The van der Waals surface area contributed by atoms with Crippen molar-refractivity contribution in [2.24, 2.45) is 10.9 Å². The van der Waals surface area contributed by atoms with Crippen molar-refractivity contribution in [2.45, 2.75) is 31.6 Å². The highest BCUT2D eigenvalue weighted by Gasteiger charge is 2.26. The van der Waals surface area contributed by atoms with Crippen molar-refractivity contribution in [1.29, 1.82) is 0 Å². The molecule has 1 aromatic rings. The van der Waals surface area contributed by atoms with E-state index in [1.165, 1.54) is 5.56 Å². The maximum atomic E-state index is 10.9. The first-order valence-corrected chi connectivity index (χ1v) is 6.52. The van der Waals surface area contributed by atoms with Crippen LogP contribution in [0.2, 0.25) is 0 Å². The Morgan fingerprint density at radius 3 is 2.33 bits per heavy atom. The van der Waals surface area contributed by atoms with E-state index in [0.717, 1.165) is 31.4 Å². The van der Waals surface area contributed by atoms with Crippen LogP contribution in [0.5, 0.6) is 0 Å². The zero-order valence-corrected chi connectivity index (χ0v) is 10.8. The van der Waals surface area contributed by atoms with Gasteiger partial charge in [-0.15, -0.1) is 0 Å². The van der Waals surface area contributed by atoms with Gasteiger partial charge in [0.25, 0.3) is 0 Å². The van der Waals surface area contributed by atoms with E-state index in [9.17, 15) is 4.79 Å². The van der Waals surface area contributed by atoms with E-state index in [1.54, 1.807) is 0 Å². The van der Waals surface area contributed by atoms with Crippen molar-refractivity contribution in [2.75, 3.05) is 0 Å². The van der Waals surface area contributed by atoms with Gasteiger partial charge >= 0.3 is 5.97 Å². The maximum absolute atomic E-state index is 10.9. The molecule has 1 aliphatic rings. The minimum atomic E-state index is -0.654. The molecule has 0 heterocycles. The molecule has 1 N–H and O–H groups in total. The van der Waals surface area contributed by atoms with Crippen LogP contribution in [0, 0.1) is 5.92 Å². The topological polar surface area (TPSA) is 49.7 Å². The minimum absolute atomic E-state index is 0.153. The van der Waals surface area contributed by atoms with Gasteiger partial charge in [0.2, 0.25) is 0 Å². The van der Waals surface area contributed by atoms with Gasteiger partial charge in [-0.05, 0) is 61.5 Å². The Morgan fingerprint density at radius 1 is 1.22 bits per heavy atom. The molecular weight excluding hydrogens is 246 g/mol. The van der Waals surface area contributed by atoms with Gasteiger partial charge in [-0.2, -0.15) is 4.99 Å². The van der Waals surface area contributed by atoms with Crippen LogP contribution in [0.1, 0.15) is 37.2 Å². The Balaban J connectivity index is 2.01. The van der Waals surface area contributed by atoms with E-state index in [0.29, 0.717) is 5.92 Å². The summed E-state index contributed by atoms with van der Waals surface area (Å²) in [5.74, 6) is -0.329. The molecule has 0 atom stereocenters. The molecule has 0 radical (unpaired) electrons. The summed E-state index contributed by atoms with van der Waals surface area (Å²) in [6, 6.07) is 7.96. The largest absolute Gasteiger partial charge is 0.481 e. The summed E-state index contributed by atoms with van der Waals surface area (Å²) in [5.41, 5.74) is 2.08. The van der Waals surface area contributed by atoms with Crippen molar-refractivity contribution in [3.05, 3.63) is 29.8 Å². The number of carboxylic acids is 1. The molecule has 0 amide bonds. The van der Waals surface area contributed by atoms with E-state index < -0.39 is 5.97 Å². The number of benzene rings is 1. The SMILES string of the molecule is O=C(O)C1CCC(c2ccc(N=C=S)cc2)CC1. The van der Waals surface area contributed by atoms with E-state index in [2.05, 4.69) is 34.5 Å². The van der Waals surface area contributed by atoms with Gasteiger partial charge in [-0.1, -0.05) is 12.1 Å². The quantitative estimate of drug-likeness (QED) is 0.665. The molecule has 0 saturated heterocycles. The third-order valence-electron chi connectivity index (χ3n) is 3.62. The molecule has 2 rings (SSSR count). The lowest BCUT2D eigenvalue weighted by molar-refractivity contribution is -0.142. The Hall–Kier alpha value is -1.51. The molecule has 0 aromatic heterocycles. The fourth-order valence-corrected chi connectivity index (χ4v) is 2.65. The molecule has 18 heavy (non-hydrogen) atoms. The van der Waals surface area contributed by atoms with Crippen LogP contribution in [0.3, 0.4) is 0 Å². The number of carbonyl (C=O) groups is 1. The number of aliphatic carboxylic acids is 1. The zero-order valence-electron chi connectivity index (χ0n) is 10.0. The molecule has 1 aliphatic carbocycles. The Kier molecular flexibility index (Phi) is 4.24. The maximum Gasteiger partial charge on any atom is 0.306 e. The highest BCUT2D eigenvalue weighted by molar-refractivity contribution is 7.78. The number of hydrogen-bond acceptors (Lipinski definition) is 3. The molecule has 94 valence electrons. The van der Waals surface area contributed by atoms with Gasteiger partial charge in [0.05, 0.1) is 16.8 Å². The molecule has 3 nitrogen and oxygen atoms in total. The number of rotatable bonds is 3. The summed E-state index contributed by atoms with van der Waals surface area (Å²) in [7, 11) is 0. The van der Waals surface area contributed by atoms with Crippen LogP contribution in [0.15, 0.2) is 29.3 Å². The van der Waals surface area contributed by atoms with Gasteiger partial charge in [0, 0.05) is 0 Å². The summed E-state index contributed by atoms with van der Waals surface area (Å²) in [4.78, 5) is 14.8. The van der Waals surface area contributed by atoms with Crippen molar-refractivity contribution >= 4 is 29.0 Å². The lowest BCUT2D eigenvalue weighted by Gasteiger charge is -2.26. The monoisotopic (exact) mass is 261 g/mol. The van der Waals surface area contributed by atoms with Crippen LogP contribution < -0.4 is 0 Å². The van der Waals surface area contributed by atoms with Crippen LogP contribution >= 0.6 is 12.2 Å². The molecule has 0 spiro atoms. The van der Waals surface area contributed by atoms with Gasteiger partial charge < -0.3 is 5.11 Å². The Bertz CT molecular complexity index is 469. The highest BCUT2D eigenvalue weighted by atomic mass is 32.1. The summed E-state index contributed by atoms with van der Waals surface area (Å²) < 4.78 is 0. The van der Waals surface area contributed by atoms with E-state index in [1.807, 2.05) is 12.1 Å². The lowest BCUT2D eigenvalue weighted by Crippen LogP contribution is -2.20. The number of isothiocyanates is 1. The number of nitrogens with zero attached hydrogens (tertiary/aromatic N) is 1. The van der Waals surface area contributed by atoms with Gasteiger partial charge in [0.1, 0.15) is 0 Å². The normalized spacial score (nSPS) is 23.1. The average Bonchev–Trinajstić information content (AvgIpc) is 2.40. The molecular formula is C14H15NO2S. The zero-order chi connectivity index (χ0) is 13.0. The van der Waals surface area contributed by atoms with E-state index in [-0.39, 0.29) is 5.92 Å². The number of thiocarbonyl (C=S) groups is 1. The lowest BCUT2D eigenvalue weighted by atomic mass is 9.79. The second kappa shape index (κ2) is 5.89. The molecule has 0 aliphatic heterocycles. The molecule has 1 saturated carbocycles. The van der Waals surface area contributed by atoms with Gasteiger partial charge in [-0.3, -0.25) is 4.79 Å². The molecule has 1 aromatic carbocycles. The summed E-state index contributed by atoms with van der Waals surface area (Å²) in [5, 5.41) is 11.3. The summed E-state index contributed by atoms with van der Waals surface area (Å²) >= 11 is 4.56. The average molecular weight is 261 g/mol. The molecule has 1 fully saturated rings. The highest BCUT2D eigenvalue weighted by Crippen LogP contribution is 2.36. The van der Waals surface area contributed by atoms with Crippen LogP contribution in [0.4, 0.5) is 5.69 Å². The van der Waals surface area contributed by atoms with Crippen LogP contribution in [0.25, 0.3) is 0 Å². The summed E-state index contributed by atoms with van der Waals surface area (Å²) in [6.45, 7) is 0. The predicted molar refractivity (Wildman–Crippen MR) is 73.5 cm³/mol. The molecule has 4 heteroatoms. The van der Waals surface area contributed by atoms with Crippen molar-refractivity contribution in [3.8, 4) is 0 Å². The van der Waals surface area contributed by atoms with Crippen LogP contribution in [-0.2, 0) is 4.79 Å². The second-order valence-corrected chi connectivity index (χ2v) is 4.86. The van der Waals surface area contributed by atoms with E-state index in [4.69, 9.17) is 5.11 Å².